The summed E-state index contributed by atoms with van der Waals surface area (Å²) in [5, 5.41) is 0. The number of hydrogen-bond acceptors (Lipinski definition) is 3. The van der Waals surface area contributed by atoms with Crippen molar-refractivity contribution in [3.05, 3.63) is 29.6 Å². The van der Waals surface area contributed by atoms with Crippen LogP contribution in [0, 0.1) is 11.3 Å². The highest BCUT2D eigenvalue weighted by Gasteiger charge is 2.53. The van der Waals surface area contributed by atoms with Crippen LogP contribution in [-0.4, -0.2) is 62.5 Å². The second-order valence-corrected chi connectivity index (χ2v) is 11.2. The van der Waals surface area contributed by atoms with Crippen LogP contribution in [0.5, 0.6) is 0 Å². The molecule has 0 radical (unpaired) electrons. The number of carbonyl (C=O) groups is 1. The van der Waals surface area contributed by atoms with Gasteiger partial charge in [0.2, 0.25) is 0 Å². The molecular weight excluding hydrogens is 429 g/mol. The van der Waals surface area contributed by atoms with Crippen molar-refractivity contribution in [2.75, 3.05) is 31.9 Å². The SMILES string of the molecule is O=C(N1CC2(CCC(Cc3ccc(C(F)(F)F)cn3)CC2)C1)N1CC2(CCS(=O)N2)C1. The zero-order valence-corrected chi connectivity index (χ0v) is 18.1. The number of urea groups is 1. The monoisotopic (exact) mass is 456 g/mol. The van der Waals surface area contributed by atoms with E-state index >= 15 is 0 Å². The number of nitrogens with zero attached hydrogens (tertiary/aromatic N) is 3. The summed E-state index contributed by atoms with van der Waals surface area (Å²) in [4.78, 5) is 20.5. The molecule has 1 aromatic rings. The molecule has 4 fully saturated rings. The minimum absolute atomic E-state index is 0.0896. The van der Waals surface area contributed by atoms with Gasteiger partial charge in [0.15, 0.2) is 0 Å². The van der Waals surface area contributed by atoms with Gasteiger partial charge in [-0.2, -0.15) is 13.2 Å². The Morgan fingerprint density at radius 3 is 2.35 bits per heavy atom. The highest BCUT2D eigenvalue weighted by molar-refractivity contribution is 7.83. The van der Waals surface area contributed by atoms with Crippen LogP contribution in [0.3, 0.4) is 0 Å². The quantitative estimate of drug-likeness (QED) is 0.744. The highest BCUT2D eigenvalue weighted by atomic mass is 32.2. The van der Waals surface area contributed by atoms with Gasteiger partial charge in [0.1, 0.15) is 0 Å². The van der Waals surface area contributed by atoms with Crippen LogP contribution < -0.4 is 4.72 Å². The van der Waals surface area contributed by atoms with Gasteiger partial charge in [-0.3, -0.25) is 4.98 Å². The number of rotatable bonds is 2. The van der Waals surface area contributed by atoms with Crippen molar-refractivity contribution in [1.82, 2.24) is 19.5 Å². The number of carbonyl (C=O) groups excluding carboxylic acids is 1. The lowest BCUT2D eigenvalue weighted by atomic mass is 9.65. The first kappa shape index (κ1) is 21.2. The molecule has 3 saturated heterocycles. The molecule has 6 nitrogen and oxygen atoms in total. The van der Waals surface area contributed by atoms with Crippen LogP contribution >= 0.6 is 0 Å². The predicted octanol–water partition coefficient (Wildman–Crippen LogP) is 2.97. The maximum Gasteiger partial charge on any atom is 0.417 e. The average Bonchev–Trinajstić information content (AvgIpc) is 3.07. The van der Waals surface area contributed by atoms with Crippen LogP contribution in [0.2, 0.25) is 0 Å². The summed E-state index contributed by atoms with van der Waals surface area (Å²) in [5.74, 6) is 1.10. The Hall–Kier alpha value is -1.68. The number of pyridine rings is 1. The molecule has 1 unspecified atom stereocenters. The molecule has 1 N–H and O–H groups in total. The number of alkyl halides is 3. The van der Waals surface area contributed by atoms with Crippen molar-refractivity contribution in [1.29, 1.82) is 0 Å². The summed E-state index contributed by atoms with van der Waals surface area (Å²) in [6, 6.07) is 2.69. The lowest BCUT2D eigenvalue weighted by molar-refractivity contribution is -0.137. The fraction of sp³-hybridized carbons (Fsp3) is 0.714. The van der Waals surface area contributed by atoms with E-state index in [2.05, 4.69) is 9.71 Å². The first-order chi connectivity index (χ1) is 14.7. The van der Waals surface area contributed by atoms with Crippen LogP contribution in [0.25, 0.3) is 0 Å². The van der Waals surface area contributed by atoms with E-state index in [9.17, 15) is 22.2 Å². The third-order valence-electron chi connectivity index (χ3n) is 7.49. The molecule has 170 valence electrons. The first-order valence-electron chi connectivity index (χ1n) is 10.9. The Balaban J connectivity index is 1.06. The van der Waals surface area contributed by atoms with Crippen molar-refractivity contribution in [3.8, 4) is 0 Å². The molecule has 10 heteroatoms. The van der Waals surface area contributed by atoms with Crippen LogP contribution in [-0.2, 0) is 23.6 Å². The molecule has 1 saturated carbocycles. The van der Waals surface area contributed by atoms with Crippen molar-refractivity contribution >= 4 is 17.0 Å². The second kappa shape index (κ2) is 7.43. The summed E-state index contributed by atoms with van der Waals surface area (Å²) < 4.78 is 52.7. The Morgan fingerprint density at radius 1 is 1.13 bits per heavy atom. The van der Waals surface area contributed by atoms with Crippen molar-refractivity contribution < 1.29 is 22.2 Å². The first-order valence-corrected chi connectivity index (χ1v) is 12.2. The zero-order valence-electron chi connectivity index (χ0n) is 17.3. The van der Waals surface area contributed by atoms with Crippen molar-refractivity contribution in [3.63, 3.8) is 0 Å². The van der Waals surface area contributed by atoms with Crippen LogP contribution in [0.1, 0.15) is 43.4 Å². The summed E-state index contributed by atoms with van der Waals surface area (Å²) >= 11 is 0. The van der Waals surface area contributed by atoms with E-state index in [4.69, 9.17) is 0 Å². The third-order valence-corrected chi connectivity index (χ3v) is 8.73. The fourth-order valence-electron chi connectivity index (χ4n) is 5.59. The summed E-state index contributed by atoms with van der Waals surface area (Å²) in [6.45, 7) is 2.87. The molecule has 1 aliphatic carbocycles. The van der Waals surface area contributed by atoms with Gasteiger partial charge in [-0.25, -0.2) is 13.7 Å². The summed E-state index contributed by atoms with van der Waals surface area (Å²) in [6.07, 6.45) is 2.29. The number of halogens is 3. The normalized spacial score (nSPS) is 27.4. The maximum absolute atomic E-state index is 12.7. The van der Waals surface area contributed by atoms with Gasteiger partial charge in [0.25, 0.3) is 0 Å². The van der Waals surface area contributed by atoms with E-state index in [0.29, 0.717) is 36.9 Å². The van der Waals surface area contributed by atoms with Gasteiger partial charge < -0.3 is 9.80 Å². The molecule has 4 aliphatic rings. The van der Waals surface area contributed by atoms with E-state index in [1.807, 2.05) is 9.80 Å². The number of nitrogens with one attached hydrogen (secondary N) is 1. The van der Waals surface area contributed by atoms with E-state index in [1.54, 1.807) is 0 Å². The minimum atomic E-state index is -4.35. The van der Waals surface area contributed by atoms with Gasteiger partial charge >= 0.3 is 12.2 Å². The summed E-state index contributed by atoms with van der Waals surface area (Å²) in [7, 11) is -0.956. The molecule has 31 heavy (non-hydrogen) atoms. The molecule has 5 rings (SSSR count). The Bertz CT molecular complexity index is 870. The van der Waals surface area contributed by atoms with Crippen LogP contribution in [0.4, 0.5) is 18.0 Å². The van der Waals surface area contributed by atoms with Crippen molar-refractivity contribution in [2.45, 2.75) is 50.2 Å². The molecule has 4 heterocycles. The molecule has 0 aromatic carbocycles. The largest absolute Gasteiger partial charge is 0.417 e. The van der Waals surface area contributed by atoms with E-state index in [1.165, 1.54) is 6.07 Å². The van der Waals surface area contributed by atoms with Crippen LogP contribution in [0.15, 0.2) is 18.3 Å². The fourth-order valence-corrected chi connectivity index (χ4v) is 6.98. The number of likely N-dealkylation sites (tertiary alicyclic amines) is 2. The molecule has 3 aliphatic heterocycles. The van der Waals surface area contributed by atoms with Gasteiger partial charge in [-0.05, 0) is 56.6 Å². The standard InChI is InChI=1S/C21H27F3N4O2S/c22-21(23,24)16-1-2-17(25-10-16)9-15-3-5-19(6-4-15)11-27(12-19)18(29)28-13-20(14-28)7-8-31(30)26-20/h1-2,10,15,26H,3-9,11-14H2. The van der Waals surface area contributed by atoms with Gasteiger partial charge in [-0.15, -0.1) is 0 Å². The van der Waals surface area contributed by atoms with Gasteiger partial charge in [0, 0.05) is 49.2 Å². The number of amides is 2. The number of aromatic nitrogens is 1. The maximum atomic E-state index is 12.7. The molecule has 2 amide bonds. The smallest absolute Gasteiger partial charge is 0.323 e. The lowest BCUT2D eigenvalue weighted by Crippen LogP contribution is -2.72. The Labute approximate surface area is 182 Å². The van der Waals surface area contributed by atoms with E-state index in [0.717, 1.165) is 57.5 Å². The average molecular weight is 457 g/mol. The summed E-state index contributed by atoms with van der Waals surface area (Å²) in [5.41, 5.74) is 0.0822. The lowest BCUT2D eigenvalue weighted by Gasteiger charge is -2.57. The Morgan fingerprint density at radius 2 is 1.81 bits per heavy atom. The third kappa shape index (κ3) is 4.08. The topological polar surface area (TPSA) is 65.5 Å². The van der Waals surface area contributed by atoms with E-state index < -0.39 is 22.7 Å². The molecule has 1 atom stereocenters. The van der Waals surface area contributed by atoms with E-state index in [-0.39, 0.29) is 17.0 Å². The Kier molecular flexibility index (Phi) is 5.08. The molecular formula is C21H27F3N4O2S. The molecule has 2 spiro atoms. The van der Waals surface area contributed by atoms with Gasteiger partial charge in [0.05, 0.1) is 22.1 Å². The predicted molar refractivity (Wildman–Crippen MR) is 109 cm³/mol. The number of hydrogen-bond donors (Lipinski definition) is 1. The van der Waals surface area contributed by atoms with Crippen molar-refractivity contribution in [2.24, 2.45) is 11.3 Å². The molecule has 0 bridgehead atoms. The zero-order chi connectivity index (χ0) is 21.9. The van der Waals surface area contributed by atoms with Gasteiger partial charge in [-0.1, -0.05) is 0 Å². The second-order valence-electron chi connectivity index (χ2n) is 9.86. The molecule has 1 aromatic heterocycles. The highest BCUT2D eigenvalue weighted by Crippen LogP contribution is 2.47. The minimum Gasteiger partial charge on any atom is -0.323 e.